The lowest BCUT2D eigenvalue weighted by Gasteiger charge is -2.52. The van der Waals surface area contributed by atoms with Gasteiger partial charge in [0.2, 0.25) is 0 Å². The Morgan fingerprint density at radius 1 is 1.47 bits per heavy atom. The van der Waals surface area contributed by atoms with Crippen molar-refractivity contribution >= 4 is 5.97 Å². The molecule has 0 bridgehead atoms. The number of carbonyl (C=O) groups excluding carboxylic acids is 1. The molecule has 0 radical (unpaired) electrons. The molecular formula is C15H20O4. The van der Waals surface area contributed by atoms with Crippen LogP contribution in [0.25, 0.3) is 0 Å². The van der Waals surface area contributed by atoms with Crippen LogP contribution < -0.4 is 0 Å². The molecule has 4 nitrogen and oxygen atoms in total. The number of ether oxygens (including phenoxy) is 1. The van der Waals surface area contributed by atoms with Crippen LogP contribution in [0.3, 0.4) is 0 Å². The van der Waals surface area contributed by atoms with E-state index in [0.717, 1.165) is 5.57 Å². The Kier molecular flexibility index (Phi) is 2.67. The molecule has 0 aromatic rings. The molecule has 6 atom stereocenters. The second-order valence-corrected chi connectivity index (χ2v) is 6.38. The highest BCUT2D eigenvalue weighted by Crippen LogP contribution is 2.56. The van der Waals surface area contributed by atoms with Gasteiger partial charge in [-0.3, -0.25) is 0 Å². The number of esters is 1. The fraction of sp³-hybridized carbons (Fsp3) is 0.667. The van der Waals surface area contributed by atoms with E-state index < -0.39 is 23.6 Å². The minimum atomic E-state index is -0.675. The fourth-order valence-corrected chi connectivity index (χ4v) is 4.23. The van der Waals surface area contributed by atoms with Crippen LogP contribution in [0, 0.1) is 17.3 Å². The zero-order chi connectivity index (χ0) is 13.9. The van der Waals surface area contributed by atoms with E-state index in [-0.39, 0.29) is 17.9 Å². The van der Waals surface area contributed by atoms with Crippen molar-refractivity contribution in [3.8, 4) is 0 Å². The van der Waals surface area contributed by atoms with E-state index in [9.17, 15) is 15.0 Å². The minimum Gasteiger partial charge on any atom is -0.458 e. The molecule has 104 valence electrons. The highest BCUT2D eigenvalue weighted by molar-refractivity contribution is 5.91. The molecule has 1 saturated heterocycles. The van der Waals surface area contributed by atoms with Crippen molar-refractivity contribution in [1.29, 1.82) is 0 Å². The molecule has 3 aliphatic rings. The van der Waals surface area contributed by atoms with Crippen LogP contribution in [0.5, 0.6) is 0 Å². The number of carbonyl (C=O) groups is 1. The summed E-state index contributed by atoms with van der Waals surface area (Å²) in [7, 11) is 0. The Labute approximate surface area is 112 Å². The molecule has 3 rings (SSSR count). The van der Waals surface area contributed by atoms with Crippen molar-refractivity contribution in [3.05, 3.63) is 23.8 Å². The number of aliphatic hydroxyl groups excluding tert-OH is 2. The van der Waals surface area contributed by atoms with E-state index in [1.807, 2.05) is 19.9 Å². The van der Waals surface area contributed by atoms with Crippen LogP contribution in [0.15, 0.2) is 23.8 Å². The average Bonchev–Trinajstić information content (AvgIpc) is 2.61. The first-order chi connectivity index (χ1) is 8.86. The second kappa shape index (κ2) is 3.93. The molecular weight excluding hydrogens is 244 g/mol. The molecule has 0 spiro atoms. The van der Waals surface area contributed by atoms with Crippen LogP contribution in [0.4, 0.5) is 0 Å². The van der Waals surface area contributed by atoms with Gasteiger partial charge in [0.15, 0.2) is 0 Å². The lowest BCUT2D eigenvalue weighted by atomic mass is 9.54. The SMILES string of the molecule is C=C1C(=O)OC2C1C(O)CC1(C)C(O)CC=C(C)C21. The van der Waals surface area contributed by atoms with Gasteiger partial charge < -0.3 is 14.9 Å². The smallest absolute Gasteiger partial charge is 0.334 e. The van der Waals surface area contributed by atoms with Crippen molar-refractivity contribution in [3.63, 3.8) is 0 Å². The molecule has 19 heavy (non-hydrogen) atoms. The molecule has 2 fully saturated rings. The maximum atomic E-state index is 11.7. The van der Waals surface area contributed by atoms with Crippen molar-refractivity contribution in [2.45, 2.75) is 45.0 Å². The van der Waals surface area contributed by atoms with E-state index in [0.29, 0.717) is 18.4 Å². The summed E-state index contributed by atoms with van der Waals surface area (Å²) in [5.41, 5.74) is 1.06. The Hall–Kier alpha value is -1.13. The lowest BCUT2D eigenvalue weighted by molar-refractivity contribution is -0.157. The van der Waals surface area contributed by atoms with Gasteiger partial charge in [-0.15, -0.1) is 0 Å². The molecule has 4 heteroatoms. The number of hydrogen-bond donors (Lipinski definition) is 2. The van der Waals surface area contributed by atoms with Gasteiger partial charge in [0.25, 0.3) is 0 Å². The molecule has 2 N–H and O–H groups in total. The maximum Gasteiger partial charge on any atom is 0.334 e. The molecule has 6 unspecified atom stereocenters. The molecule has 0 aromatic carbocycles. The van der Waals surface area contributed by atoms with Gasteiger partial charge in [0.1, 0.15) is 6.10 Å². The van der Waals surface area contributed by atoms with Gasteiger partial charge in [0, 0.05) is 16.9 Å². The fourth-order valence-electron chi connectivity index (χ4n) is 4.23. The molecule has 1 heterocycles. The molecule has 0 aromatic heterocycles. The lowest BCUT2D eigenvalue weighted by Crippen LogP contribution is -2.56. The van der Waals surface area contributed by atoms with Crippen LogP contribution >= 0.6 is 0 Å². The third-order valence-corrected chi connectivity index (χ3v) is 5.28. The van der Waals surface area contributed by atoms with E-state index in [4.69, 9.17) is 4.74 Å². The van der Waals surface area contributed by atoms with Gasteiger partial charge in [-0.05, 0) is 19.8 Å². The third-order valence-electron chi connectivity index (χ3n) is 5.28. The number of fused-ring (bicyclic) bond motifs is 3. The highest BCUT2D eigenvalue weighted by Gasteiger charge is 2.60. The predicted molar refractivity (Wildman–Crippen MR) is 69.1 cm³/mol. The Morgan fingerprint density at radius 3 is 2.84 bits per heavy atom. The summed E-state index contributed by atoms with van der Waals surface area (Å²) in [6.45, 7) is 7.75. The molecule has 1 saturated carbocycles. The van der Waals surface area contributed by atoms with Crippen molar-refractivity contribution < 1.29 is 19.7 Å². The summed E-state index contributed by atoms with van der Waals surface area (Å²) >= 11 is 0. The summed E-state index contributed by atoms with van der Waals surface area (Å²) < 4.78 is 5.45. The van der Waals surface area contributed by atoms with E-state index in [2.05, 4.69) is 6.58 Å². The second-order valence-electron chi connectivity index (χ2n) is 6.38. The molecule has 2 aliphatic carbocycles. The van der Waals surface area contributed by atoms with Gasteiger partial charge in [-0.2, -0.15) is 0 Å². The van der Waals surface area contributed by atoms with Crippen LogP contribution in [0.2, 0.25) is 0 Å². The Balaban J connectivity index is 2.08. The van der Waals surface area contributed by atoms with E-state index in [1.165, 1.54) is 0 Å². The summed E-state index contributed by atoms with van der Waals surface area (Å²) in [5, 5.41) is 20.7. The summed E-state index contributed by atoms with van der Waals surface area (Å²) in [6, 6.07) is 0. The van der Waals surface area contributed by atoms with Crippen LogP contribution in [-0.2, 0) is 9.53 Å². The van der Waals surface area contributed by atoms with Gasteiger partial charge in [-0.1, -0.05) is 25.2 Å². The van der Waals surface area contributed by atoms with Crippen LogP contribution in [-0.4, -0.2) is 34.5 Å². The zero-order valence-corrected chi connectivity index (χ0v) is 11.3. The molecule has 0 amide bonds. The summed E-state index contributed by atoms with van der Waals surface area (Å²) in [5.74, 6) is -0.779. The van der Waals surface area contributed by atoms with Crippen molar-refractivity contribution in [2.75, 3.05) is 0 Å². The third kappa shape index (κ3) is 1.56. The van der Waals surface area contributed by atoms with Crippen molar-refractivity contribution in [2.24, 2.45) is 17.3 Å². The monoisotopic (exact) mass is 264 g/mol. The average molecular weight is 264 g/mol. The van der Waals surface area contributed by atoms with E-state index in [1.54, 1.807) is 0 Å². The quantitative estimate of drug-likeness (QED) is 0.392. The largest absolute Gasteiger partial charge is 0.458 e. The zero-order valence-electron chi connectivity index (χ0n) is 11.3. The molecule has 1 aliphatic heterocycles. The van der Waals surface area contributed by atoms with Crippen molar-refractivity contribution in [1.82, 2.24) is 0 Å². The van der Waals surface area contributed by atoms with Gasteiger partial charge in [-0.25, -0.2) is 4.79 Å². The summed E-state index contributed by atoms with van der Waals surface area (Å²) in [4.78, 5) is 11.7. The number of aliphatic hydroxyl groups is 2. The number of rotatable bonds is 0. The van der Waals surface area contributed by atoms with Gasteiger partial charge >= 0.3 is 5.97 Å². The normalized spacial score (nSPS) is 49.3. The van der Waals surface area contributed by atoms with E-state index >= 15 is 0 Å². The van der Waals surface area contributed by atoms with Gasteiger partial charge in [0.05, 0.1) is 18.1 Å². The maximum absolute atomic E-state index is 11.7. The topological polar surface area (TPSA) is 66.8 Å². The predicted octanol–water partition coefficient (Wildman–Crippen LogP) is 1.18. The first-order valence-corrected chi connectivity index (χ1v) is 6.79. The Bertz CT molecular complexity index is 481. The first kappa shape index (κ1) is 12.9. The Morgan fingerprint density at radius 2 is 2.16 bits per heavy atom. The standard InChI is InChI=1S/C15H20O4/c1-7-4-5-10(17)15(3)6-9(16)11-8(2)14(18)19-13(11)12(7)15/h4,9-13,16-17H,2,5-6H2,1,3H3. The highest BCUT2D eigenvalue weighted by atomic mass is 16.6. The minimum absolute atomic E-state index is 0.0344. The summed E-state index contributed by atoms with van der Waals surface area (Å²) in [6.07, 6.45) is 1.51. The van der Waals surface area contributed by atoms with Crippen LogP contribution in [0.1, 0.15) is 26.7 Å². The first-order valence-electron chi connectivity index (χ1n) is 6.79. The number of hydrogen-bond acceptors (Lipinski definition) is 4.